The molecule has 0 spiro atoms. The van der Waals surface area contributed by atoms with Crippen LogP contribution in [0, 0.1) is 6.92 Å². The molecule has 42 heavy (non-hydrogen) atoms. The molecule has 5 aromatic heterocycles. The van der Waals surface area contributed by atoms with Crippen LogP contribution in [0.4, 0.5) is 0 Å². The average Bonchev–Trinajstić information content (AvgIpc) is 3.52. The average molecular weight is 541 g/mol. The van der Waals surface area contributed by atoms with Crippen molar-refractivity contribution in [1.82, 2.24) is 29.5 Å². The largest absolute Gasteiger partial charge is 0.307 e. The monoisotopic (exact) mass is 540 g/mol. The Morgan fingerprint density at radius 1 is 0.548 bits per heavy atom. The SMILES string of the molecule is Cc1ccc(-n2c(-c3cc(-c4ccncc4)cc(-c4ccncc4)c3)ccc3ccc4cc5ncnc5nc4c32)cc1. The van der Waals surface area contributed by atoms with E-state index in [1.165, 1.54) is 5.56 Å². The van der Waals surface area contributed by atoms with Crippen LogP contribution in [0.3, 0.4) is 0 Å². The molecule has 0 aliphatic carbocycles. The first-order valence-electron chi connectivity index (χ1n) is 13.8. The lowest BCUT2D eigenvalue weighted by molar-refractivity contribution is 1.11. The number of nitrogens with zero attached hydrogens (tertiary/aromatic N) is 6. The van der Waals surface area contributed by atoms with Crippen molar-refractivity contribution in [2.75, 3.05) is 0 Å². The van der Waals surface area contributed by atoms with E-state index < -0.39 is 0 Å². The molecular formula is C36H24N6. The highest BCUT2D eigenvalue weighted by molar-refractivity contribution is 6.07. The summed E-state index contributed by atoms with van der Waals surface area (Å²) in [5, 5.41) is 2.12. The Balaban J connectivity index is 1.49. The fourth-order valence-corrected chi connectivity index (χ4v) is 5.67. The standard InChI is InChI=1S/C36H24N6/c1-23-2-7-31(8-3-23)42-33(9-6-26-4-5-27-21-32-36(40-22-39-32)41-34(27)35(26)42)30-19-28(24-10-14-37-15-11-24)18-29(20-30)25-12-16-38-17-13-25/h2-22H,1H3. The van der Waals surface area contributed by atoms with Crippen LogP contribution < -0.4 is 0 Å². The number of benzene rings is 3. The van der Waals surface area contributed by atoms with Gasteiger partial charge >= 0.3 is 0 Å². The molecule has 0 saturated heterocycles. The summed E-state index contributed by atoms with van der Waals surface area (Å²) in [6.07, 6.45) is 8.91. The lowest BCUT2D eigenvalue weighted by atomic mass is 9.95. The minimum atomic E-state index is 0.649. The topological polar surface area (TPSA) is 69.4 Å². The van der Waals surface area contributed by atoms with Gasteiger partial charge in [0.2, 0.25) is 0 Å². The molecule has 6 nitrogen and oxygen atoms in total. The second kappa shape index (κ2) is 9.71. The van der Waals surface area contributed by atoms with Crippen molar-refractivity contribution in [2.45, 2.75) is 6.92 Å². The Labute approximate surface area is 242 Å². The molecule has 3 aromatic carbocycles. The second-order valence-electron chi connectivity index (χ2n) is 10.4. The van der Waals surface area contributed by atoms with Gasteiger partial charge in [0.15, 0.2) is 5.65 Å². The smallest absolute Gasteiger partial charge is 0.180 e. The summed E-state index contributed by atoms with van der Waals surface area (Å²) in [4.78, 5) is 22.3. The molecule has 8 aromatic rings. The number of imidazole rings is 1. The van der Waals surface area contributed by atoms with Crippen molar-refractivity contribution in [2.24, 2.45) is 0 Å². The third kappa shape index (κ3) is 4.09. The Morgan fingerprint density at radius 3 is 1.86 bits per heavy atom. The van der Waals surface area contributed by atoms with Crippen LogP contribution in [0.15, 0.2) is 128 Å². The molecule has 0 radical (unpaired) electrons. The van der Waals surface area contributed by atoms with Crippen LogP contribution in [-0.4, -0.2) is 29.5 Å². The van der Waals surface area contributed by atoms with Gasteiger partial charge in [-0.25, -0.2) is 15.0 Å². The zero-order valence-corrected chi connectivity index (χ0v) is 22.8. The third-order valence-electron chi connectivity index (χ3n) is 7.76. The summed E-state index contributed by atoms with van der Waals surface area (Å²) < 4.78 is 2.33. The lowest BCUT2D eigenvalue weighted by Crippen LogP contribution is -2.04. The number of aryl methyl sites for hydroxylation is 1. The van der Waals surface area contributed by atoms with E-state index in [4.69, 9.17) is 4.98 Å². The van der Waals surface area contributed by atoms with Gasteiger partial charge in [0, 0.05) is 41.2 Å². The molecule has 0 bridgehead atoms. The van der Waals surface area contributed by atoms with Gasteiger partial charge in [-0.1, -0.05) is 35.9 Å². The van der Waals surface area contributed by atoms with Crippen LogP contribution in [0.2, 0.25) is 0 Å². The van der Waals surface area contributed by atoms with E-state index in [1.807, 2.05) is 49.1 Å². The number of rotatable bonds is 4. The third-order valence-corrected chi connectivity index (χ3v) is 7.76. The summed E-state index contributed by atoms with van der Waals surface area (Å²) in [6.45, 7) is 2.11. The van der Waals surface area contributed by atoms with Crippen LogP contribution >= 0.6 is 0 Å². The molecule has 0 saturated carbocycles. The molecule has 198 valence electrons. The van der Waals surface area contributed by atoms with Crippen LogP contribution in [-0.2, 0) is 0 Å². The van der Waals surface area contributed by atoms with Gasteiger partial charge in [0.1, 0.15) is 11.8 Å². The fourth-order valence-electron chi connectivity index (χ4n) is 5.67. The van der Waals surface area contributed by atoms with Gasteiger partial charge in [0.25, 0.3) is 0 Å². The van der Waals surface area contributed by atoms with Crippen LogP contribution in [0.1, 0.15) is 5.56 Å². The van der Waals surface area contributed by atoms with E-state index in [1.54, 1.807) is 6.33 Å². The highest BCUT2D eigenvalue weighted by atomic mass is 15.0. The predicted octanol–water partition coefficient (Wildman–Crippen LogP) is 8.22. The van der Waals surface area contributed by atoms with E-state index in [0.29, 0.717) is 5.65 Å². The number of fused-ring (bicyclic) bond motifs is 4. The maximum atomic E-state index is 5.03. The first-order valence-corrected chi connectivity index (χ1v) is 13.8. The molecule has 0 amide bonds. The van der Waals surface area contributed by atoms with Crippen LogP contribution in [0.25, 0.3) is 72.2 Å². The van der Waals surface area contributed by atoms with E-state index in [2.05, 4.69) is 104 Å². The number of hydrogen-bond donors (Lipinski definition) is 0. The summed E-state index contributed by atoms with van der Waals surface area (Å²) in [5.41, 5.74) is 12.2. The van der Waals surface area contributed by atoms with Crippen molar-refractivity contribution >= 4 is 33.0 Å². The normalized spacial score (nSPS) is 11.5. The van der Waals surface area contributed by atoms with E-state index in [0.717, 1.165) is 66.5 Å². The van der Waals surface area contributed by atoms with Crippen molar-refractivity contribution < 1.29 is 0 Å². The van der Waals surface area contributed by atoms with Gasteiger partial charge in [0.05, 0.1) is 16.7 Å². The summed E-state index contributed by atoms with van der Waals surface area (Å²) in [7, 11) is 0. The van der Waals surface area contributed by atoms with Gasteiger partial charge < -0.3 is 4.57 Å². The number of hydrogen-bond acceptors (Lipinski definition) is 5. The number of pyridine rings is 4. The Bertz CT molecular complexity index is 2180. The minimum absolute atomic E-state index is 0.649. The van der Waals surface area contributed by atoms with Crippen molar-refractivity contribution in [1.29, 1.82) is 0 Å². The minimum Gasteiger partial charge on any atom is -0.307 e. The molecule has 0 aliphatic rings. The van der Waals surface area contributed by atoms with Crippen molar-refractivity contribution in [3.63, 3.8) is 0 Å². The van der Waals surface area contributed by atoms with Crippen molar-refractivity contribution in [3.8, 4) is 39.2 Å². The fraction of sp³-hybridized carbons (Fsp3) is 0.0278. The van der Waals surface area contributed by atoms with Gasteiger partial charge in [-0.05, 0) is 101 Å². The van der Waals surface area contributed by atoms with Crippen molar-refractivity contribution in [3.05, 3.63) is 134 Å². The summed E-state index contributed by atoms with van der Waals surface area (Å²) in [6, 6.07) is 34.3. The molecule has 0 unspecified atom stereocenters. The maximum Gasteiger partial charge on any atom is 0.180 e. The quantitative estimate of drug-likeness (QED) is 0.210. The lowest BCUT2D eigenvalue weighted by Gasteiger charge is -2.20. The van der Waals surface area contributed by atoms with E-state index in [-0.39, 0.29) is 0 Å². The zero-order chi connectivity index (χ0) is 28.0. The highest BCUT2D eigenvalue weighted by Gasteiger charge is 2.16. The molecule has 0 aliphatic heterocycles. The first-order chi connectivity index (χ1) is 20.7. The molecule has 0 N–H and O–H groups in total. The molecule has 0 fully saturated rings. The summed E-state index contributed by atoms with van der Waals surface area (Å²) in [5.74, 6) is 0. The first kappa shape index (κ1) is 24.1. The van der Waals surface area contributed by atoms with Gasteiger partial charge in [-0.2, -0.15) is 0 Å². The van der Waals surface area contributed by atoms with Crippen LogP contribution in [0.5, 0.6) is 0 Å². The Hall–Kier alpha value is -5.75. The van der Waals surface area contributed by atoms with Gasteiger partial charge in [-0.3, -0.25) is 9.97 Å². The summed E-state index contributed by atoms with van der Waals surface area (Å²) >= 11 is 0. The highest BCUT2D eigenvalue weighted by Crippen LogP contribution is 2.37. The molecule has 5 heterocycles. The molecule has 6 heteroatoms. The Morgan fingerprint density at radius 2 is 1.17 bits per heavy atom. The zero-order valence-electron chi connectivity index (χ0n) is 22.8. The predicted molar refractivity (Wildman–Crippen MR) is 168 cm³/mol. The maximum absolute atomic E-state index is 5.03. The van der Waals surface area contributed by atoms with E-state index in [9.17, 15) is 0 Å². The van der Waals surface area contributed by atoms with Gasteiger partial charge in [-0.15, -0.1) is 0 Å². The molecule has 0 atom stereocenters. The van der Waals surface area contributed by atoms with E-state index >= 15 is 0 Å². The Kier molecular flexibility index (Phi) is 5.57. The molecule has 8 rings (SSSR count). The number of aromatic nitrogens is 6. The second-order valence-corrected chi connectivity index (χ2v) is 10.4. The molecular weight excluding hydrogens is 516 g/mol.